The second kappa shape index (κ2) is 10.5. The Kier molecular flexibility index (Phi) is 8.27. The minimum atomic E-state index is -4.52. The van der Waals surface area contributed by atoms with Gasteiger partial charge in [-0.2, -0.15) is 25.9 Å². The molecule has 3 aromatic rings. The quantitative estimate of drug-likeness (QED) is 0.261. The molecule has 0 spiro atoms. The Balaban J connectivity index is 2.45. The van der Waals surface area contributed by atoms with E-state index >= 15 is 0 Å². The number of aromatic nitrogens is 2. The van der Waals surface area contributed by atoms with Crippen LogP contribution in [0.5, 0.6) is 0 Å². The summed E-state index contributed by atoms with van der Waals surface area (Å²) in [6, 6.07) is 10.7. The lowest BCUT2D eigenvalue weighted by Gasteiger charge is -2.36. The van der Waals surface area contributed by atoms with Crippen LogP contribution in [0.2, 0.25) is 18.1 Å². The van der Waals surface area contributed by atoms with Gasteiger partial charge in [-0.25, -0.2) is 13.8 Å². The summed E-state index contributed by atoms with van der Waals surface area (Å²) >= 11 is 0. The molecule has 0 fully saturated rings. The molecule has 7 nitrogen and oxygen atoms in total. The van der Waals surface area contributed by atoms with Gasteiger partial charge in [0.2, 0.25) is 0 Å². The number of rotatable bonds is 7. The summed E-state index contributed by atoms with van der Waals surface area (Å²) in [5.41, 5.74) is 1.03. The number of carbonyl (C=O) groups excluding carboxylic acids is 1. The molecule has 39 heavy (non-hydrogen) atoms. The normalized spacial score (nSPS) is 13.1. The summed E-state index contributed by atoms with van der Waals surface area (Å²) in [5.74, 6) is -0.525. The Labute approximate surface area is 228 Å². The van der Waals surface area contributed by atoms with Gasteiger partial charge in [0.1, 0.15) is 13.5 Å². The molecular formula is C27H34F3N3O4SSi. The Morgan fingerprint density at radius 3 is 1.92 bits per heavy atom. The topological polar surface area (TPSA) is 81.5 Å². The molecule has 1 heterocycles. The third kappa shape index (κ3) is 5.82. The van der Waals surface area contributed by atoms with Gasteiger partial charge in [-0.1, -0.05) is 58.1 Å². The molecule has 0 bridgehead atoms. The van der Waals surface area contributed by atoms with Crippen LogP contribution in [-0.4, -0.2) is 56.4 Å². The van der Waals surface area contributed by atoms with Crippen LogP contribution in [0.15, 0.2) is 48.5 Å². The first-order valence-electron chi connectivity index (χ1n) is 12.4. The molecule has 212 valence electrons. The maximum absolute atomic E-state index is 13.9. The Hall–Kier alpha value is -2.96. The minimum absolute atomic E-state index is 0.197. The lowest BCUT2D eigenvalue weighted by atomic mass is 10.0. The standard InChI is InChI=1S/C27H34F3N3O4SSi/c1-9-37-24(34)20-12-10-19(11-13-20)23-22(18-14-16-21(17-15-18)27(28,29)30)31-25(39(7,8)26(2,3)4)33(23)38(35,36)32(5)6/h10-17H,9H2,1-8H3. The molecule has 0 radical (unpaired) electrons. The van der Waals surface area contributed by atoms with E-state index in [-0.39, 0.29) is 28.6 Å². The predicted molar refractivity (Wildman–Crippen MR) is 149 cm³/mol. The number of nitrogens with zero attached hydrogens (tertiary/aromatic N) is 3. The monoisotopic (exact) mass is 581 g/mol. The smallest absolute Gasteiger partial charge is 0.416 e. The van der Waals surface area contributed by atoms with Gasteiger partial charge >= 0.3 is 22.4 Å². The van der Waals surface area contributed by atoms with Crippen molar-refractivity contribution in [1.82, 2.24) is 13.3 Å². The van der Waals surface area contributed by atoms with Gasteiger partial charge in [-0.15, -0.1) is 0 Å². The van der Waals surface area contributed by atoms with E-state index in [4.69, 9.17) is 9.72 Å². The van der Waals surface area contributed by atoms with Crippen molar-refractivity contribution in [2.45, 2.75) is 52.0 Å². The third-order valence-electron chi connectivity index (χ3n) is 7.12. The predicted octanol–water partition coefficient (Wildman–Crippen LogP) is 5.78. The highest BCUT2D eigenvalue weighted by molar-refractivity contribution is 7.87. The first-order valence-corrected chi connectivity index (χ1v) is 16.7. The first kappa shape index (κ1) is 30.6. The fraction of sp³-hybridized carbons (Fsp3) is 0.407. The summed E-state index contributed by atoms with van der Waals surface area (Å²) < 4.78 is 74.9. The number of halogens is 3. The molecule has 0 N–H and O–H groups in total. The molecule has 0 aliphatic heterocycles. The van der Waals surface area contributed by atoms with Crippen molar-refractivity contribution in [2.75, 3.05) is 20.7 Å². The van der Waals surface area contributed by atoms with Gasteiger partial charge in [0.25, 0.3) is 0 Å². The largest absolute Gasteiger partial charge is 0.462 e. The average molecular weight is 582 g/mol. The third-order valence-corrected chi connectivity index (χ3v) is 14.2. The zero-order chi connectivity index (χ0) is 29.6. The zero-order valence-corrected chi connectivity index (χ0v) is 25.2. The number of alkyl halides is 3. The van der Waals surface area contributed by atoms with Crippen LogP contribution in [0.4, 0.5) is 13.2 Å². The zero-order valence-electron chi connectivity index (χ0n) is 23.3. The highest BCUT2D eigenvalue weighted by Gasteiger charge is 2.45. The van der Waals surface area contributed by atoms with Crippen molar-refractivity contribution in [1.29, 1.82) is 0 Å². The van der Waals surface area contributed by atoms with Crippen LogP contribution in [0.1, 0.15) is 43.6 Å². The van der Waals surface area contributed by atoms with Crippen molar-refractivity contribution >= 4 is 29.7 Å². The first-order chi connectivity index (χ1) is 17.8. The number of esters is 1. The average Bonchev–Trinajstić information content (AvgIpc) is 3.25. The minimum Gasteiger partial charge on any atom is -0.462 e. The van der Waals surface area contributed by atoms with Crippen molar-refractivity contribution < 1.29 is 31.1 Å². The van der Waals surface area contributed by atoms with E-state index in [1.165, 1.54) is 42.3 Å². The van der Waals surface area contributed by atoms with Gasteiger partial charge in [0.05, 0.1) is 29.1 Å². The van der Waals surface area contributed by atoms with Gasteiger partial charge < -0.3 is 4.74 Å². The maximum atomic E-state index is 13.9. The summed E-state index contributed by atoms with van der Waals surface area (Å²) in [4.78, 5) is 17.1. The van der Waals surface area contributed by atoms with E-state index in [0.29, 0.717) is 16.6 Å². The van der Waals surface area contributed by atoms with Gasteiger partial charge in [-0.3, -0.25) is 0 Å². The van der Waals surface area contributed by atoms with E-state index in [9.17, 15) is 26.4 Å². The molecule has 0 aliphatic carbocycles. The number of ether oxygens (including phenoxy) is 1. The lowest BCUT2D eigenvalue weighted by Crippen LogP contribution is -2.56. The van der Waals surface area contributed by atoms with Crippen molar-refractivity contribution in [2.24, 2.45) is 0 Å². The molecule has 1 aromatic heterocycles. The Bertz CT molecular complexity index is 1460. The van der Waals surface area contributed by atoms with Crippen LogP contribution >= 0.6 is 0 Å². The summed E-state index contributed by atoms with van der Waals surface area (Å²) in [6.07, 6.45) is -4.52. The number of imidazole rings is 1. The van der Waals surface area contributed by atoms with Crippen LogP contribution in [0.3, 0.4) is 0 Å². The summed E-state index contributed by atoms with van der Waals surface area (Å²) in [7, 11) is -3.95. The number of benzene rings is 2. The molecule has 0 saturated carbocycles. The lowest BCUT2D eigenvalue weighted by molar-refractivity contribution is -0.137. The van der Waals surface area contributed by atoms with Crippen molar-refractivity contribution in [3.05, 3.63) is 59.7 Å². The molecule has 2 aromatic carbocycles. The number of hydrogen-bond donors (Lipinski definition) is 0. The van der Waals surface area contributed by atoms with Gasteiger partial charge in [-0.05, 0) is 36.2 Å². The fourth-order valence-electron chi connectivity index (χ4n) is 3.77. The maximum Gasteiger partial charge on any atom is 0.416 e. The fourth-order valence-corrected chi connectivity index (χ4v) is 7.50. The highest BCUT2D eigenvalue weighted by atomic mass is 32.2. The van der Waals surface area contributed by atoms with Crippen molar-refractivity contribution in [3.63, 3.8) is 0 Å². The molecule has 0 atom stereocenters. The highest BCUT2D eigenvalue weighted by Crippen LogP contribution is 2.40. The van der Waals surface area contributed by atoms with Crippen LogP contribution in [0, 0.1) is 0 Å². The van der Waals surface area contributed by atoms with E-state index in [0.717, 1.165) is 16.4 Å². The molecule has 0 saturated heterocycles. The van der Waals surface area contributed by atoms with Crippen molar-refractivity contribution in [3.8, 4) is 22.5 Å². The molecule has 0 aliphatic rings. The molecule has 0 amide bonds. The van der Waals surface area contributed by atoms with Crippen LogP contribution < -0.4 is 5.45 Å². The van der Waals surface area contributed by atoms with E-state index < -0.39 is 36.0 Å². The van der Waals surface area contributed by atoms with E-state index in [1.54, 1.807) is 19.1 Å². The second-order valence-electron chi connectivity index (χ2n) is 10.9. The SMILES string of the molecule is CCOC(=O)c1ccc(-c2c(-c3ccc(C(F)(F)F)cc3)nc([Si](C)(C)C(C)(C)C)n2S(=O)(=O)N(C)C)cc1. The Morgan fingerprint density at radius 1 is 0.974 bits per heavy atom. The van der Waals surface area contributed by atoms with E-state index in [1.807, 2.05) is 33.9 Å². The second-order valence-corrected chi connectivity index (χ2v) is 18.1. The van der Waals surface area contributed by atoms with Gasteiger partial charge in [0, 0.05) is 25.2 Å². The Morgan fingerprint density at radius 2 is 1.49 bits per heavy atom. The van der Waals surface area contributed by atoms with E-state index in [2.05, 4.69) is 0 Å². The summed E-state index contributed by atoms with van der Waals surface area (Å²) in [5, 5.41) is -0.319. The van der Waals surface area contributed by atoms with Crippen LogP contribution in [-0.2, 0) is 21.1 Å². The molecule has 0 unspecified atom stereocenters. The van der Waals surface area contributed by atoms with Crippen LogP contribution in [0.25, 0.3) is 22.5 Å². The van der Waals surface area contributed by atoms with Gasteiger partial charge in [0.15, 0.2) is 0 Å². The molecule has 12 heteroatoms. The number of hydrogen-bond acceptors (Lipinski definition) is 5. The number of carbonyl (C=O) groups is 1. The molecular weight excluding hydrogens is 547 g/mol. The molecule has 3 rings (SSSR count). The summed E-state index contributed by atoms with van der Waals surface area (Å²) in [6.45, 7) is 12.0.